The van der Waals surface area contributed by atoms with Gasteiger partial charge in [-0.05, 0) is 41.7 Å². The highest BCUT2D eigenvalue weighted by atomic mass is 32.2. The number of benzene rings is 2. The Morgan fingerprint density at radius 1 is 1.16 bits per heavy atom. The number of sulfone groups is 1. The first kappa shape index (κ1) is 20.4. The van der Waals surface area contributed by atoms with Crippen molar-refractivity contribution in [3.8, 4) is 5.88 Å². The average Bonchev–Trinajstić information content (AvgIpc) is 3.12. The lowest BCUT2D eigenvalue weighted by Crippen LogP contribution is -2.31. The predicted molar refractivity (Wildman–Crippen MR) is 109 cm³/mol. The Kier molecular flexibility index (Phi) is 5.34. The Morgan fingerprint density at radius 3 is 2.71 bits per heavy atom. The molecule has 11 heteroatoms. The van der Waals surface area contributed by atoms with Crippen LogP contribution in [0.4, 0.5) is 5.69 Å². The summed E-state index contributed by atoms with van der Waals surface area (Å²) in [5.74, 6) is -0.430. The van der Waals surface area contributed by atoms with Crippen LogP contribution in [0.25, 0.3) is 11.0 Å². The first-order chi connectivity index (χ1) is 14.9. The van der Waals surface area contributed by atoms with E-state index in [-0.39, 0.29) is 23.0 Å². The van der Waals surface area contributed by atoms with Crippen LogP contribution in [0.2, 0.25) is 0 Å². The molecule has 2 aromatic carbocycles. The van der Waals surface area contributed by atoms with E-state index in [1.54, 1.807) is 12.1 Å². The second-order valence-corrected chi connectivity index (χ2v) is 8.46. The van der Waals surface area contributed by atoms with Gasteiger partial charge in [0.15, 0.2) is 0 Å². The molecular formula is C20H17N3O7S. The van der Waals surface area contributed by atoms with Crippen molar-refractivity contribution in [3.63, 3.8) is 0 Å². The van der Waals surface area contributed by atoms with Gasteiger partial charge in [-0.25, -0.2) is 13.2 Å². The van der Waals surface area contributed by atoms with E-state index in [0.29, 0.717) is 11.3 Å². The molecule has 0 atom stereocenters. The second-order valence-electron chi connectivity index (χ2n) is 6.59. The Balaban J connectivity index is 1.46. The number of rotatable bonds is 7. The summed E-state index contributed by atoms with van der Waals surface area (Å²) in [6, 6.07) is 14.2. The topological polar surface area (TPSA) is 139 Å². The molecule has 10 nitrogen and oxygen atoms in total. The molecule has 0 aliphatic heterocycles. The first-order valence-corrected chi connectivity index (χ1v) is 10.7. The molecule has 31 heavy (non-hydrogen) atoms. The van der Waals surface area contributed by atoms with Crippen LogP contribution in [0.1, 0.15) is 5.56 Å². The zero-order valence-corrected chi connectivity index (χ0v) is 17.1. The summed E-state index contributed by atoms with van der Waals surface area (Å²) in [6.07, 6.45) is 0. The molecule has 2 heterocycles. The van der Waals surface area contributed by atoms with Crippen LogP contribution in [-0.4, -0.2) is 26.7 Å². The van der Waals surface area contributed by atoms with Crippen molar-refractivity contribution < 1.29 is 27.1 Å². The summed E-state index contributed by atoms with van der Waals surface area (Å²) in [5.41, 5.74) is 1.48. The highest BCUT2D eigenvalue weighted by molar-refractivity contribution is 7.91. The van der Waals surface area contributed by atoms with Crippen molar-refractivity contribution in [3.05, 3.63) is 75.8 Å². The Hall–Kier alpha value is -3.86. The van der Waals surface area contributed by atoms with Gasteiger partial charge in [0.2, 0.25) is 0 Å². The standard InChI is InChI=1S/C20H17N3O7S/c1-13-11-18(24)29-17-12-14(7-8-16(13)17)21-9-10-28-19-20(23(25)30-22-19)31(26,27)15-5-3-2-4-6-15/h2-8,11-12,21H,9-10H2,1H3. The van der Waals surface area contributed by atoms with Gasteiger partial charge in [0.1, 0.15) is 12.2 Å². The molecule has 0 bridgehead atoms. The SMILES string of the molecule is Cc1cc(=O)oc2cc(NCCOc3no[n+]([O-])c3S(=O)(=O)c3ccccc3)ccc12. The maximum absolute atomic E-state index is 12.7. The summed E-state index contributed by atoms with van der Waals surface area (Å²) in [4.78, 5) is 11.3. The molecule has 0 saturated heterocycles. The third-order valence-corrected chi connectivity index (χ3v) is 6.20. The van der Waals surface area contributed by atoms with Crippen LogP contribution in [0.15, 0.2) is 78.4 Å². The van der Waals surface area contributed by atoms with Gasteiger partial charge in [-0.15, -0.1) is 0 Å². The highest BCUT2D eigenvalue weighted by Gasteiger charge is 2.35. The average molecular weight is 443 g/mol. The van der Waals surface area contributed by atoms with Crippen LogP contribution < -0.4 is 20.6 Å². The van der Waals surface area contributed by atoms with Crippen LogP contribution in [0.5, 0.6) is 5.88 Å². The van der Waals surface area contributed by atoms with E-state index in [2.05, 4.69) is 15.1 Å². The summed E-state index contributed by atoms with van der Waals surface area (Å²) in [6.45, 7) is 2.05. The lowest BCUT2D eigenvalue weighted by molar-refractivity contribution is -0.832. The van der Waals surface area contributed by atoms with E-state index in [1.807, 2.05) is 19.1 Å². The van der Waals surface area contributed by atoms with Crippen molar-refractivity contribution in [2.45, 2.75) is 16.8 Å². The van der Waals surface area contributed by atoms with Gasteiger partial charge in [0.25, 0.3) is 9.84 Å². The Morgan fingerprint density at radius 2 is 1.94 bits per heavy atom. The fraction of sp³-hybridized carbons (Fsp3) is 0.150. The highest BCUT2D eigenvalue weighted by Crippen LogP contribution is 2.25. The number of nitrogens with one attached hydrogen (secondary N) is 1. The molecule has 0 amide bonds. The zero-order valence-electron chi connectivity index (χ0n) is 16.3. The van der Waals surface area contributed by atoms with Gasteiger partial charge in [-0.2, -0.15) is 0 Å². The van der Waals surface area contributed by atoms with Crippen molar-refractivity contribution in [2.75, 3.05) is 18.5 Å². The molecule has 0 saturated carbocycles. The van der Waals surface area contributed by atoms with Gasteiger partial charge in [-0.1, -0.05) is 18.2 Å². The number of aryl methyl sites for hydroxylation is 1. The molecule has 0 aliphatic carbocycles. The summed E-state index contributed by atoms with van der Waals surface area (Å²) in [5, 5.41) is 18.4. The van der Waals surface area contributed by atoms with Crippen LogP contribution >= 0.6 is 0 Å². The molecule has 4 aromatic rings. The number of ether oxygens (including phenoxy) is 1. The molecule has 0 radical (unpaired) electrons. The number of fused-ring (bicyclic) bond motifs is 1. The molecule has 4 rings (SSSR count). The third kappa shape index (κ3) is 4.08. The molecule has 0 unspecified atom stereocenters. The number of anilines is 1. The first-order valence-electron chi connectivity index (χ1n) is 9.17. The molecule has 0 aliphatic rings. The largest absolute Gasteiger partial charge is 0.453 e. The van der Waals surface area contributed by atoms with Gasteiger partial charge in [0.05, 0.1) is 10.1 Å². The fourth-order valence-corrected chi connectivity index (χ4v) is 4.31. The van der Waals surface area contributed by atoms with Gasteiger partial charge in [0, 0.05) is 29.8 Å². The summed E-state index contributed by atoms with van der Waals surface area (Å²) in [7, 11) is -4.17. The maximum Gasteiger partial charge on any atom is 0.415 e. The van der Waals surface area contributed by atoms with Crippen LogP contribution in [0, 0.1) is 12.1 Å². The van der Waals surface area contributed by atoms with Crippen molar-refractivity contribution in [1.29, 1.82) is 0 Å². The number of aromatic nitrogens is 2. The van der Waals surface area contributed by atoms with E-state index >= 15 is 0 Å². The Labute approximate surface area is 176 Å². The number of nitrogens with zero attached hydrogens (tertiary/aromatic N) is 2. The van der Waals surface area contributed by atoms with E-state index < -0.39 is 26.4 Å². The molecule has 160 valence electrons. The van der Waals surface area contributed by atoms with Gasteiger partial charge < -0.3 is 19.7 Å². The number of hydrogen-bond donors (Lipinski definition) is 1. The minimum atomic E-state index is -4.17. The fourth-order valence-electron chi connectivity index (χ4n) is 3.02. The van der Waals surface area contributed by atoms with Gasteiger partial charge in [-0.3, -0.25) is 4.63 Å². The van der Waals surface area contributed by atoms with E-state index in [1.165, 1.54) is 30.3 Å². The maximum atomic E-state index is 12.7. The second kappa shape index (κ2) is 8.11. The van der Waals surface area contributed by atoms with Crippen molar-refractivity contribution in [2.24, 2.45) is 0 Å². The molecule has 0 spiro atoms. The van der Waals surface area contributed by atoms with Crippen LogP contribution in [0.3, 0.4) is 0 Å². The Bertz CT molecular complexity index is 1400. The summed E-state index contributed by atoms with van der Waals surface area (Å²) >= 11 is 0. The zero-order chi connectivity index (χ0) is 22.0. The smallest absolute Gasteiger partial charge is 0.415 e. The quantitative estimate of drug-likeness (QED) is 0.258. The molecule has 1 N–H and O–H groups in total. The lowest BCUT2D eigenvalue weighted by atomic mass is 10.1. The molecule has 2 aromatic heterocycles. The third-order valence-electron chi connectivity index (χ3n) is 4.48. The van der Waals surface area contributed by atoms with Crippen LogP contribution in [-0.2, 0) is 9.84 Å². The minimum Gasteiger partial charge on any atom is -0.453 e. The van der Waals surface area contributed by atoms with Crippen molar-refractivity contribution >= 4 is 26.5 Å². The van der Waals surface area contributed by atoms with Gasteiger partial charge >= 0.3 is 16.5 Å². The summed E-state index contributed by atoms with van der Waals surface area (Å²) < 4.78 is 40.4. The normalized spacial score (nSPS) is 11.5. The molecule has 0 fully saturated rings. The van der Waals surface area contributed by atoms with Crippen molar-refractivity contribution in [1.82, 2.24) is 5.16 Å². The van der Waals surface area contributed by atoms with E-state index in [0.717, 1.165) is 10.9 Å². The minimum absolute atomic E-state index is 0.0142. The monoisotopic (exact) mass is 443 g/mol. The predicted octanol–water partition coefficient (Wildman–Crippen LogP) is 2.05. The van der Waals surface area contributed by atoms with E-state index in [9.17, 15) is 18.4 Å². The molecular weight excluding hydrogens is 426 g/mol. The number of hydrogen-bond acceptors (Lipinski definition) is 9. The van der Waals surface area contributed by atoms with E-state index in [4.69, 9.17) is 9.15 Å². The lowest BCUT2D eigenvalue weighted by Gasteiger charge is -2.08.